The van der Waals surface area contributed by atoms with Crippen LogP contribution in [0.5, 0.6) is 0 Å². The van der Waals surface area contributed by atoms with Crippen molar-refractivity contribution in [2.75, 3.05) is 0 Å². The molecule has 0 aliphatic rings. The molecule has 0 bridgehead atoms. The van der Waals surface area contributed by atoms with Crippen LogP contribution < -0.4 is 0 Å². The van der Waals surface area contributed by atoms with Gasteiger partial charge in [0.2, 0.25) is 0 Å². The van der Waals surface area contributed by atoms with Crippen molar-refractivity contribution < 1.29 is 14.4 Å². The number of carbonyl (C=O) groups is 3. The maximum Gasteiger partial charge on any atom is 0.150 e. The van der Waals surface area contributed by atoms with E-state index in [4.69, 9.17) is 0 Å². The minimum Gasteiger partial charge on any atom is -0.300 e. The number of carbonyl (C=O) groups excluding carboxylic acids is 3. The molecule has 0 saturated carbocycles. The predicted octanol–water partition coefficient (Wildman–Crippen LogP) is 1.44. The number of aldehydes is 2. The zero-order valence-electron chi connectivity index (χ0n) is 7.82. The molecule has 14 heavy (non-hydrogen) atoms. The van der Waals surface area contributed by atoms with Gasteiger partial charge in [-0.3, -0.25) is 14.4 Å². The van der Waals surface area contributed by atoms with Crippen molar-refractivity contribution in [3.05, 3.63) is 34.9 Å². The number of hydrogen-bond donors (Lipinski definition) is 0. The molecule has 0 aliphatic carbocycles. The van der Waals surface area contributed by atoms with E-state index in [0.717, 1.165) is 0 Å². The van der Waals surface area contributed by atoms with E-state index in [1.54, 1.807) is 18.2 Å². The van der Waals surface area contributed by atoms with Crippen LogP contribution in [-0.2, 0) is 11.2 Å². The maximum atomic E-state index is 10.9. The first kappa shape index (κ1) is 10.3. The summed E-state index contributed by atoms with van der Waals surface area (Å²) in [7, 11) is 0. The minimum absolute atomic E-state index is 0.0672. The highest BCUT2D eigenvalue weighted by atomic mass is 16.1. The van der Waals surface area contributed by atoms with Crippen molar-refractivity contribution in [2.45, 2.75) is 13.3 Å². The Labute approximate surface area is 81.7 Å². The standard InChI is InChI=1S/C11H10O3/c1-8(14)5-11-9(6-12)3-2-4-10(11)7-13/h2-4,6-7H,5H2,1H3. The van der Waals surface area contributed by atoms with Gasteiger partial charge in [-0.05, 0) is 12.5 Å². The fraction of sp³-hybridized carbons (Fsp3) is 0.182. The number of benzene rings is 1. The molecule has 0 N–H and O–H groups in total. The molecule has 0 fully saturated rings. The molecule has 0 radical (unpaired) electrons. The molecule has 0 atom stereocenters. The van der Waals surface area contributed by atoms with E-state index in [2.05, 4.69) is 0 Å². The van der Waals surface area contributed by atoms with E-state index in [1.165, 1.54) is 6.92 Å². The molecule has 0 aliphatic heterocycles. The van der Waals surface area contributed by atoms with Crippen molar-refractivity contribution in [3.8, 4) is 0 Å². The second kappa shape index (κ2) is 4.46. The predicted molar refractivity (Wildman–Crippen MR) is 51.6 cm³/mol. The third kappa shape index (κ3) is 2.13. The first-order valence-electron chi connectivity index (χ1n) is 4.20. The van der Waals surface area contributed by atoms with Gasteiger partial charge in [0, 0.05) is 17.5 Å². The summed E-state index contributed by atoms with van der Waals surface area (Å²) in [5, 5.41) is 0. The van der Waals surface area contributed by atoms with Crippen LogP contribution in [0.2, 0.25) is 0 Å². The smallest absolute Gasteiger partial charge is 0.150 e. The molecule has 1 aromatic carbocycles. The number of rotatable bonds is 4. The van der Waals surface area contributed by atoms with Crippen LogP contribution in [-0.4, -0.2) is 18.4 Å². The Morgan fingerprint density at radius 2 is 1.71 bits per heavy atom. The van der Waals surface area contributed by atoms with Gasteiger partial charge in [-0.25, -0.2) is 0 Å². The average Bonchev–Trinajstić information content (AvgIpc) is 2.17. The SMILES string of the molecule is CC(=O)Cc1c(C=O)cccc1C=O. The van der Waals surface area contributed by atoms with Gasteiger partial charge in [-0.2, -0.15) is 0 Å². The van der Waals surface area contributed by atoms with Gasteiger partial charge in [0.25, 0.3) is 0 Å². The summed E-state index contributed by atoms with van der Waals surface area (Å²) in [6.07, 6.45) is 1.44. The van der Waals surface area contributed by atoms with E-state index < -0.39 is 0 Å². The Balaban J connectivity index is 3.25. The van der Waals surface area contributed by atoms with E-state index in [-0.39, 0.29) is 12.2 Å². The van der Waals surface area contributed by atoms with Gasteiger partial charge in [0.15, 0.2) is 0 Å². The molecule has 72 valence electrons. The maximum absolute atomic E-state index is 10.9. The highest BCUT2D eigenvalue weighted by Crippen LogP contribution is 2.12. The normalized spacial score (nSPS) is 9.50. The zero-order valence-corrected chi connectivity index (χ0v) is 7.82. The topological polar surface area (TPSA) is 51.2 Å². The Morgan fingerprint density at radius 1 is 1.21 bits per heavy atom. The summed E-state index contributed by atoms with van der Waals surface area (Å²) in [6, 6.07) is 4.81. The van der Waals surface area contributed by atoms with Gasteiger partial charge < -0.3 is 0 Å². The van der Waals surface area contributed by atoms with E-state index in [1.807, 2.05) is 0 Å². The molecule has 0 amide bonds. The molecular weight excluding hydrogens is 180 g/mol. The average molecular weight is 190 g/mol. The fourth-order valence-electron chi connectivity index (χ4n) is 1.30. The van der Waals surface area contributed by atoms with Crippen molar-refractivity contribution >= 4 is 18.4 Å². The largest absolute Gasteiger partial charge is 0.300 e. The van der Waals surface area contributed by atoms with Crippen LogP contribution >= 0.6 is 0 Å². The summed E-state index contributed by atoms with van der Waals surface area (Å²) in [5.41, 5.74) is 1.33. The highest BCUT2D eigenvalue weighted by molar-refractivity contribution is 5.90. The van der Waals surface area contributed by atoms with Gasteiger partial charge in [0.05, 0.1) is 0 Å². The van der Waals surface area contributed by atoms with E-state index in [0.29, 0.717) is 29.3 Å². The van der Waals surface area contributed by atoms with Crippen molar-refractivity contribution in [1.82, 2.24) is 0 Å². The summed E-state index contributed by atoms with van der Waals surface area (Å²) in [4.78, 5) is 32.2. The monoisotopic (exact) mass is 190 g/mol. The Morgan fingerprint density at radius 3 is 2.07 bits per heavy atom. The molecule has 0 saturated heterocycles. The molecular formula is C11H10O3. The number of hydrogen-bond acceptors (Lipinski definition) is 3. The second-order valence-corrected chi connectivity index (χ2v) is 3.03. The van der Waals surface area contributed by atoms with Crippen molar-refractivity contribution in [2.24, 2.45) is 0 Å². The van der Waals surface area contributed by atoms with Crippen LogP contribution in [0.15, 0.2) is 18.2 Å². The Bertz CT molecular complexity index is 354. The van der Waals surface area contributed by atoms with Gasteiger partial charge in [0.1, 0.15) is 18.4 Å². The van der Waals surface area contributed by atoms with Gasteiger partial charge >= 0.3 is 0 Å². The molecule has 3 nitrogen and oxygen atoms in total. The van der Waals surface area contributed by atoms with Crippen LogP contribution in [0.25, 0.3) is 0 Å². The summed E-state index contributed by atoms with van der Waals surface area (Å²) in [6.45, 7) is 1.43. The fourth-order valence-corrected chi connectivity index (χ4v) is 1.30. The molecule has 1 rings (SSSR count). The van der Waals surface area contributed by atoms with Gasteiger partial charge in [-0.15, -0.1) is 0 Å². The second-order valence-electron chi connectivity index (χ2n) is 3.03. The van der Waals surface area contributed by atoms with Crippen LogP contribution in [0, 0.1) is 0 Å². The van der Waals surface area contributed by atoms with Crippen LogP contribution in [0.3, 0.4) is 0 Å². The Hall–Kier alpha value is -1.77. The van der Waals surface area contributed by atoms with Crippen molar-refractivity contribution in [1.29, 1.82) is 0 Å². The zero-order chi connectivity index (χ0) is 10.6. The highest BCUT2D eigenvalue weighted by Gasteiger charge is 2.08. The molecule has 0 unspecified atom stereocenters. The van der Waals surface area contributed by atoms with Crippen LogP contribution in [0.4, 0.5) is 0 Å². The quantitative estimate of drug-likeness (QED) is 0.675. The number of ketones is 1. The first-order chi connectivity index (χ1) is 6.69. The third-order valence-corrected chi connectivity index (χ3v) is 1.93. The van der Waals surface area contributed by atoms with Crippen LogP contribution in [0.1, 0.15) is 33.2 Å². The molecule has 3 heteroatoms. The third-order valence-electron chi connectivity index (χ3n) is 1.93. The minimum atomic E-state index is -0.0672. The number of Topliss-reactive ketones (excluding diaryl/α,β-unsaturated/α-hetero) is 1. The molecule has 0 spiro atoms. The molecule has 1 aromatic rings. The first-order valence-corrected chi connectivity index (χ1v) is 4.20. The lowest BCUT2D eigenvalue weighted by Crippen LogP contribution is -2.04. The summed E-state index contributed by atoms with van der Waals surface area (Å²) >= 11 is 0. The van der Waals surface area contributed by atoms with Gasteiger partial charge in [-0.1, -0.05) is 18.2 Å². The Kier molecular flexibility index (Phi) is 3.29. The van der Waals surface area contributed by atoms with Crippen molar-refractivity contribution in [3.63, 3.8) is 0 Å². The lowest BCUT2D eigenvalue weighted by molar-refractivity contribution is -0.116. The summed E-state index contributed by atoms with van der Waals surface area (Å²) < 4.78 is 0. The lowest BCUT2D eigenvalue weighted by Gasteiger charge is -2.04. The van der Waals surface area contributed by atoms with E-state index in [9.17, 15) is 14.4 Å². The van der Waals surface area contributed by atoms with E-state index >= 15 is 0 Å². The lowest BCUT2D eigenvalue weighted by atomic mass is 9.98. The summed E-state index contributed by atoms with van der Waals surface area (Å²) in [5.74, 6) is -0.0672. The molecule has 0 heterocycles. The molecule has 0 aromatic heterocycles.